The van der Waals surface area contributed by atoms with Crippen LogP contribution in [0.1, 0.15) is 36.4 Å². The van der Waals surface area contributed by atoms with Gasteiger partial charge in [-0.25, -0.2) is 0 Å². The van der Waals surface area contributed by atoms with Gasteiger partial charge in [0.2, 0.25) is 0 Å². The second kappa shape index (κ2) is 7.81. The first-order valence-corrected chi connectivity index (χ1v) is 12.2. The zero-order chi connectivity index (χ0) is 20.0. The van der Waals surface area contributed by atoms with Crippen LogP contribution in [0.4, 0.5) is 0 Å². The van der Waals surface area contributed by atoms with Gasteiger partial charge >= 0.3 is 0 Å². The molecule has 4 heterocycles. The topological polar surface area (TPSA) is 62.3 Å². The molecule has 160 valence electrons. The zero-order valence-electron chi connectivity index (χ0n) is 17.1. The van der Waals surface area contributed by atoms with E-state index < -0.39 is 10.2 Å². The summed E-state index contributed by atoms with van der Waals surface area (Å²) in [4.78, 5) is 2.58. The summed E-state index contributed by atoms with van der Waals surface area (Å²) in [5, 5.41) is 0. The van der Waals surface area contributed by atoms with Crippen molar-refractivity contribution in [3.05, 3.63) is 29.3 Å². The average molecular weight is 422 g/mol. The highest BCUT2D eigenvalue weighted by Crippen LogP contribution is 2.44. The molecule has 1 aromatic rings. The molecule has 4 aliphatic heterocycles. The van der Waals surface area contributed by atoms with Gasteiger partial charge in [0.15, 0.2) is 0 Å². The highest BCUT2D eigenvalue weighted by atomic mass is 32.2. The molecule has 7 nitrogen and oxygen atoms in total. The molecule has 3 fully saturated rings. The normalized spacial score (nSPS) is 31.6. The molecule has 0 aliphatic carbocycles. The lowest BCUT2D eigenvalue weighted by molar-refractivity contribution is 0.0161. The molecule has 0 aromatic heterocycles. The molecule has 0 bridgehead atoms. The molecule has 8 heteroatoms. The predicted molar refractivity (Wildman–Crippen MR) is 110 cm³/mol. The molecule has 0 unspecified atom stereocenters. The minimum Gasteiger partial charge on any atom is -0.497 e. The van der Waals surface area contributed by atoms with Crippen LogP contribution in [0.25, 0.3) is 0 Å². The lowest BCUT2D eigenvalue weighted by atomic mass is 9.77. The molecule has 3 saturated heterocycles. The summed E-state index contributed by atoms with van der Waals surface area (Å²) in [6, 6.07) is 6.77. The van der Waals surface area contributed by atoms with Crippen molar-refractivity contribution in [2.75, 3.05) is 53.0 Å². The Labute approximate surface area is 173 Å². The van der Waals surface area contributed by atoms with Crippen molar-refractivity contribution in [3.8, 4) is 5.75 Å². The van der Waals surface area contributed by atoms with Crippen molar-refractivity contribution in [2.24, 2.45) is 5.92 Å². The Kier molecular flexibility index (Phi) is 5.32. The fourth-order valence-electron chi connectivity index (χ4n) is 5.73. The van der Waals surface area contributed by atoms with E-state index in [0.29, 0.717) is 44.8 Å². The highest BCUT2D eigenvalue weighted by Gasteiger charge is 2.47. The second-order valence-electron chi connectivity index (χ2n) is 8.66. The number of benzene rings is 1. The third-order valence-corrected chi connectivity index (χ3v) is 9.28. The van der Waals surface area contributed by atoms with Crippen molar-refractivity contribution in [3.63, 3.8) is 0 Å². The largest absolute Gasteiger partial charge is 0.497 e. The molecular weight excluding hydrogens is 390 g/mol. The van der Waals surface area contributed by atoms with Crippen LogP contribution in [0, 0.1) is 5.92 Å². The number of piperidine rings is 2. The zero-order valence-corrected chi connectivity index (χ0v) is 17.9. The summed E-state index contributed by atoms with van der Waals surface area (Å²) in [5.41, 5.74) is 2.70. The number of rotatable bonds is 3. The second-order valence-corrected chi connectivity index (χ2v) is 10.5. The number of nitrogens with zero attached hydrogens (tertiary/aromatic N) is 3. The van der Waals surface area contributed by atoms with Crippen molar-refractivity contribution >= 4 is 10.2 Å². The van der Waals surface area contributed by atoms with Crippen LogP contribution < -0.4 is 4.74 Å². The van der Waals surface area contributed by atoms with Gasteiger partial charge in [-0.3, -0.25) is 4.90 Å². The van der Waals surface area contributed by atoms with Crippen LogP contribution in [-0.4, -0.2) is 81.0 Å². The monoisotopic (exact) mass is 421 g/mol. The van der Waals surface area contributed by atoms with Gasteiger partial charge in [-0.2, -0.15) is 17.0 Å². The summed E-state index contributed by atoms with van der Waals surface area (Å²) in [6.07, 6.45) is 4.00. The SMILES string of the molecule is COc1ccc2c(c1)CCN1C[C@H]3CCCN(S(=O)(=O)N4CCOCC4)[C@H]3C[C@@H]21. The van der Waals surface area contributed by atoms with Crippen LogP contribution in [0.15, 0.2) is 18.2 Å². The Morgan fingerprint density at radius 2 is 1.97 bits per heavy atom. The number of fused-ring (bicyclic) bond motifs is 4. The molecule has 1 aromatic carbocycles. The maximum Gasteiger partial charge on any atom is 0.282 e. The Balaban J connectivity index is 1.43. The summed E-state index contributed by atoms with van der Waals surface area (Å²) in [5.74, 6) is 1.33. The molecule has 0 radical (unpaired) electrons. The standard InChI is InChI=1S/C21H31N3O4S/c1-27-18-4-5-19-16(13-18)6-8-22-15-17-3-2-7-24(20(17)14-21(19)22)29(25,26)23-9-11-28-12-10-23/h4-5,13,17,20-21H,2-3,6-12,14-15H2,1H3/t17-,20+,21+/m1/s1. The van der Waals surface area contributed by atoms with Crippen molar-refractivity contribution in [1.82, 2.24) is 13.5 Å². The van der Waals surface area contributed by atoms with Gasteiger partial charge in [-0.05, 0) is 54.9 Å². The van der Waals surface area contributed by atoms with Gasteiger partial charge in [-0.15, -0.1) is 0 Å². The molecule has 3 atom stereocenters. The van der Waals surface area contributed by atoms with Crippen molar-refractivity contribution in [1.29, 1.82) is 0 Å². The minimum absolute atomic E-state index is 0.0888. The third-order valence-electron chi connectivity index (χ3n) is 7.21. The molecule has 5 rings (SSSR count). The van der Waals surface area contributed by atoms with E-state index in [1.54, 1.807) is 11.4 Å². The van der Waals surface area contributed by atoms with Gasteiger partial charge in [-0.1, -0.05) is 6.07 Å². The summed E-state index contributed by atoms with van der Waals surface area (Å²) >= 11 is 0. The Morgan fingerprint density at radius 3 is 2.76 bits per heavy atom. The predicted octanol–water partition coefficient (Wildman–Crippen LogP) is 1.66. The highest BCUT2D eigenvalue weighted by molar-refractivity contribution is 7.86. The van der Waals surface area contributed by atoms with Gasteiger partial charge in [0.05, 0.1) is 20.3 Å². The Morgan fingerprint density at radius 1 is 1.14 bits per heavy atom. The van der Waals surface area contributed by atoms with E-state index in [0.717, 1.165) is 44.5 Å². The summed E-state index contributed by atoms with van der Waals surface area (Å²) in [7, 11) is -1.73. The molecule has 0 amide bonds. The maximum absolute atomic E-state index is 13.5. The maximum atomic E-state index is 13.5. The van der Waals surface area contributed by atoms with E-state index in [2.05, 4.69) is 17.0 Å². The van der Waals surface area contributed by atoms with Gasteiger partial charge in [0.1, 0.15) is 5.75 Å². The van der Waals surface area contributed by atoms with E-state index >= 15 is 0 Å². The molecule has 0 spiro atoms. The molecule has 29 heavy (non-hydrogen) atoms. The minimum atomic E-state index is -3.43. The van der Waals surface area contributed by atoms with Crippen LogP contribution in [-0.2, 0) is 21.4 Å². The van der Waals surface area contributed by atoms with E-state index in [1.165, 1.54) is 11.1 Å². The summed E-state index contributed by atoms with van der Waals surface area (Å²) < 4.78 is 41.2. The number of hydrogen-bond donors (Lipinski definition) is 0. The number of methoxy groups -OCH3 is 1. The number of ether oxygens (including phenoxy) is 2. The summed E-state index contributed by atoms with van der Waals surface area (Å²) in [6.45, 7) is 4.60. The molecular formula is C21H31N3O4S. The lowest BCUT2D eigenvalue weighted by Crippen LogP contribution is -2.60. The number of morpholine rings is 1. The first-order chi connectivity index (χ1) is 14.1. The van der Waals surface area contributed by atoms with Crippen LogP contribution in [0.2, 0.25) is 0 Å². The van der Waals surface area contributed by atoms with Crippen LogP contribution in [0.3, 0.4) is 0 Å². The molecule has 0 N–H and O–H groups in total. The van der Waals surface area contributed by atoms with Crippen molar-refractivity contribution < 1.29 is 17.9 Å². The molecule has 0 saturated carbocycles. The fourth-order valence-corrected chi connectivity index (χ4v) is 7.60. The van der Waals surface area contributed by atoms with Crippen molar-refractivity contribution in [2.45, 2.75) is 37.8 Å². The quantitative estimate of drug-likeness (QED) is 0.743. The smallest absolute Gasteiger partial charge is 0.282 e. The van der Waals surface area contributed by atoms with E-state index in [1.807, 2.05) is 10.4 Å². The van der Waals surface area contributed by atoms with E-state index in [-0.39, 0.29) is 6.04 Å². The lowest BCUT2D eigenvalue weighted by Gasteiger charge is -2.52. The number of hydrogen-bond acceptors (Lipinski definition) is 5. The van der Waals surface area contributed by atoms with Crippen LogP contribution >= 0.6 is 0 Å². The fraction of sp³-hybridized carbons (Fsp3) is 0.714. The van der Waals surface area contributed by atoms with Gasteiger partial charge in [0, 0.05) is 44.8 Å². The average Bonchev–Trinajstić information content (AvgIpc) is 2.77. The first-order valence-electron chi connectivity index (χ1n) is 10.8. The molecule has 4 aliphatic rings. The Bertz CT molecular complexity index is 855. The van der Waals surface area contributed by atoms with Crippen LogP contribution in [0.5, 0.6) is 5.75 Å². The van der Waals surface area contributed by atoms with Gasteiger partial charge in [0.25, 0.3) is 10.2 Å². The van der Waals surface area contributed by atoms with E-state index in [9.17, 15) is 8.42 Å². The third kappa shape index (κ3) is 3.49. The van der Waals surface area contributed by atoms with E-state index in [4.69, 9.17) is 9.47 Å². The first kappa shape index (κ1) is 19.8. The van der Waals surface area contributed by atoms with Gasteiger partial charge < -0.3 is 9.47 Å². The Hall–Kier alpha value is -1.19.